The number of nitrogens with zero attached hydrogens (tertiary/aromatic N) is 2. The van der Waals surface area contributed by atoms with Gasteiger partial charge in [-0.1, -0.05) is 19.1 Å². The molecule has 0 bridgehead atoms. The number of hydrogen-bond acceptors (Lipinski definition) is 4. The summed E-state index contributed by atoms with van der Waals surface area (Å²) >= 11 is 0. The Kier molecular flexibility index (Phi) is 4.94. The lowest BCUT2D eigenvalue weighted by Crippen LogP contribution is -2.46. The Morgan fingerprint density at radius 2 is 2.12 bits per heavy atom. The van der Waals surface area contributed by atoms with Crippen LogP contribution in [0, 0.1) is 12.7 Å². The maximum Gasteiger partial charge on any atom is 0.291 e. The Balaban J connectivity index is 1.67. The van der Waals surface area contributed by atoms with E-state index < -0.39 is 0 Å². The van der Waals surface area contributed by atoms with Crippen LogP contribution in [-0.2, 0) is 17.6 Å². The third-order valence-electron chi connectivity index (χ3n) is 4.14. The molecule has 1 saturated heterocycles. The van der Waals surface area contributed by atoms with Gasteiger partial charge in [-0.05, 0) is 24.6 Å². The number of aromatic nitrogens is 1. The molecular formula is C18H21FN2O3. The van der Waals surface area contributed by atoms with E-state index in [1.165, 1.54) is 12.1 Å². The molecule has 1 aromatic heterocycles. The summed E-state index contributed by atoms with van der Waals surface area (Å²) < 4.78 is 24.3. The van der Waals surface area contributed by atoms with Gasteiger partial charge in [0.1, 0.15) is 5.82 Å². The second kappa shape index (κ2) is 7.13. The largest absolute Gasteiger partial charge is 0.435 e. The van der Waals surface area contributed by atoms with Crippen LogP contribution in [0.15, 0.2) is 28.7 Å². The molecule has 24 heavy (non-hydrogen) atoms. The van der Waals surface area contributed by atoms with E-state index in [2.05, 4.69) is 4.98 Å². The van der Waals surface area contributed by atoms with E-state index in [0.717, 1.165) is 5.56 Å². The third kappa shape index (κ3) is 3.64. The first-order chi connectivity index (χ1) is 11.6. The van der Waals surface area contributed by atoms with Gasteiger partial charge in [-0.2, -0.15) is 0 Å². The minimum atomic E-state index is -0.257. The fourth-order valence-electron chi connectivity index (χ4n) is 2.86. The van der Waals surface area contributed by atoms with Gasteiger partial charge in [0.05, 0.1) is 18.4 Å². The highest BCUT2D eigenvalue weighted by Gasteiger charge is 2.28. The third-order valence-corrected chi connectivity index (χ3v) is 4.14. The maximum absolute atomic E-state index is 13.0. The highest BCUT2D eigenvalue weighted by Crippen LogP contribution is 2.18. The van der Waals surface area contributed by atoms with Gasteiger partial charge in [-0.25, -0.2) is 9.37 Å². The number of morpholine rings is 1. The Morgan fingerprint density at radius 3 is 2.79 bits per heavy atom. The number of hydrogen-bond donors (Lipinski definition) is 0. The van der Waals surface area contributed by atoms with E-state index in [9.17, 15) is 9.18 Å². The van der Waals surface area contributed by atoms with Crippen molar-refractivity contribution in [3.8, 4) is 0 Å². The summed E-state index contributed by atoms with van der Waals surface area (Å²) in [5.74, 6) is 0.487. The van der Waals surface area contributed by atoms with Crippen molar-refractivity contribution < 1.29 is 18.3 Å². The first-order valence-electron chi connectivity index (χ1n) is 8.18. The van der Waals surface area contributed by atoms with Crippen LogP contribution < -0.4 is 0 Å². The van der Waals surface area contributed by atoms with E-state index in [1.54, 1.807) is 24.0 Å². The lowest BCUT2D eigenvalue weighted by molar-refractivity contribution is -0.0218. The molecule has 0 radical (unpaired) electrons. The summed E-state index contributed by atoms with van der Waals surface area (Å²) in [5, 5.41) is 0. The van der Waals surface area contributed by atoms with Gasteiger partial charge in [0.25, 0.3) is 5.91 Å². The van der Waals surface area contributed by atoms with Gasteiger partial charge < -0.3 is 14.1 Å². The van der Waals surface area contributed by atoms with Gasteiger partial charge in [-0.15, -0.1) is 0 Å². The zero-order valence-corrected chi connectivity index (χ0v) is 13.9. The highest BCUT2D eigenvalue weighted by molar-refractivity contribution is 5.92. The molecule has 6 heteroatoms. The van der Waals surface area contributed by atoms with Crippen molar-refractivity contribution in [3.63, 3.8) is 0 Å². The molecule has 0 spiro atoms. The van der Waals surface area contributed by atoms with Crippen LogP contribution in [0.5, 0.6) is 0 Å². The van der Waals surface area contributed by atoms with Crippen molar-refractivity contribution in [2.45, 2.75) is 32.8 Å². The topological polar surface area (TPSA) is 55.6 Å². The standard InChI is InChI=1S/C18H21FN2O3/c1-3-16-20-12(2)17(24-16)18(22)21-8-9-23-15(11-21)10-13-4-6-14(19)7-5-13/h4-7,15H,3,8-11H2,1-2H3/t15-/m1/s1. The Labute approximate surface area is 140 Å². The average Bonchev–Trinajstić information content (AvgIpc) is 2.97. The van der Waals surface area contributed by atoms with Gasteiger partial charge >= 0.3 is 0 Å². The van der Waals surface area contributed by atoms with Crippen LogP contribution in [0.25, 0.3) is 0 Å². The zero-order chi connectivity index (χ0) is 17.1. The van der Waals surface area contributed by atoms with E-state index in [0.29, 0.717) is 49.9 Å². The molecule has 1 aliphatic heterocycles. The van der Waals surface area contributed by atoms with Crippen LogP contribution in [0.3, 0.4) is 0 Å². The molecule has 128 valence electrons. The molecule has 0 unspecified atom stereocenters. The molecule has 2 heterocycles. The number of rotatable bonds is 4. The van der Waals surface area contributed by atoms with E-state index in [4.69, 9.17) is 9.15 Å². The van der Waals surface area contributed by atoms with Gasteiger partial charge in [-0.3, -0.25) is 4.79 Å². The van der Waals surface area contributed by atoms with Gasteiger partial charge in [0.2, 0.25) is 5.76 Å². The van der Waals surface area contributed by atoms with Crippen molar-refractivity contribution in [1.29, 1.82) is 0 Å². The predicted octanol–water partition coefficient (Wildman–Crippen LogP) is 2.77. The molecule has 1 aromatic carbocycles. The molecule has 1 fully saturated rings. The molecule has 5 nitrogen and oxygen atoms in total. The number of carbonyl (C=O) groups excluding carboxylic acids is 1. The molecule has 1 atom stereocenters. The summed E-state index contributed by atoms with van der Waals surface area (Å²) in [6, 6.07) is 6.36. The number of carbonyl (C=O) groups is 1. The Bertz CT molecular complexity index is 712. The second-order valence-corrected chi connectivity index (χ2v) is 5.95. The monoisotopic (exact) mass is 332 g/mol. The summed E-state index contributed by atoms with van der Waals surface area (Å²) in [5.41, 5.74) is 1.61. The minimum Gasteiger partial charge on any atom is -0.435 e. The van der Waals surface area contributed by atoms with E-state index in [1.807, 2.05) is 6.92 Å². The number of ether oxygens (including phenoxy) is 1. The number of benzene rings is 1. The number of amides is 1. The minimum absolute atomic E-state index is 0.109. The van der Waals surface area contributed by atoms with Crippen molar-refractivity contribution in [1.82, 2.24) is 9.88 Å². The smallest absolute Gasteiger partial charge is 0.291 e. The number of halogens is 1. The molecule has 0 aliphatic carbocycles. The van der Waals surface area contributed by atoms with E-state index in [-0.39, 0.29) is 17.8 Å². The van der Waals surface area contributed by atoms with Crippen LogP contribution in [0.1, 0.15) is 34.6 Å². The van der Waals surface area contributed by atoms with Crippen LogP contribution in [0.2, 0.25) is 0 Å². The Hall–Kier alpha value is -2.21. The highest BCUT2D eigenvalue weighted by atomic mass is 19.1. The second-order valence-electron chi connectivity index (χ2n) is 5.95. The fourth-order valence-corrected chi connectivity index (χ4v) is 2.86. The molecule has 2 aromatic rings. The Morgan fingerprint density at radius 1 is 1.38 bits per heavy atom. The zero-order valence-electron chi connectivity index (χ0n) is 13.9. The quantitative estimate of drug-likeness (QED) is 0.864. The predicted molar refractivity (Wildman–Crippen MR) is 86.4 cm³/mol. The van der Waals surface area contributed by atoms with Crippen LogP contribution in [0.4, 0.5) is 4.39 Å². The van der Waals surface area contributed by atoms with Crippen molar-refractivity contribution >= 4 is 5.91 Å². The van der Waals surface area contributed by atoms with Crippen molar-refractivity contribution in [2.75, 3.05) is 19.7 Å². The maximum atomic E-state index is 13.0. The number of oxazole rings is 1. The van der Waals surface area contributed by atoms with Crippen molar-refractivity contribution in [2.24, 2.45) is 0 Å². The summed E-state index contributed by atoms with van der Waals surface area (Å²) in [6.45, 7) is 5.21. The fraction of sp³-hybridized carbons (Fsp3) is 0.444. The normalized spacial score (nSPS) is 18.0. The van der Waals surface area contributed by atoms with Crippen LogP contribution >= 0.6 is 0 Å². The summed E-state index contributed by atoms with van der Waals surface area (Å²) in [4.78, 5) is 18.7. The SMILES string of the molecule is CCc1nc(C)c(C(=O)N2CCO[C@H](Cc3ccc(F)cc3)C2)o1. The van der Waals surface area contributed by atoms with Crippen LogP contribution in [-0.4, -0.2) is 41.6 Å². The molecule has 3 rings (SSSR count). The van der Waals surface area contributed by atoms with Crippen molar-refractivity contribution in [3.05, 3.63) is 53.0 Å². The van der Waals surface area contributed by atoms with E-state index >= 15 is 0 Å². The first-order valence-corrected chi connectivity index (χ1v) is 8.18. The van der Waals surface area contributed by atoms with Gasteiger partial charge in [0, 0.05) is 25.9 Å². The molecule has 1 amide bonds. The summed E-state index contributed by atoms with van der Waals surface area (Å²) in [7, 11) is 0. The molecule has 1 aliphatic rings. The average molecular weight is 332 g/mol. The number of aryl methyl sites for hydroxylation is 2. The molecule has 0 N–H and O–H groups in total. The summed E-state index contributed by atoms with van der Waals surface area (Å²) in [6.07, 6.45) is 1.19. The molecule has 0 saturated carbocycles. The lowest BCUT2D eigenvalue weighted by atomic mass is 10.1. The lowest BCUT2D eigenvalue weighted by Gasteiger charge is -2.32. The molecular weight excluding hydrogens is 311 g/mol. The van der Waals surface area contributed by atoms with Gasteiger partial charge in [0.15, 0.2) is 5.89 Å². The first kappa shape index (κ1) is 16.6.